The molecule has 1 aliphatic rings. The van der Waals surface area contributed by atoms with E-state index in [4.69, 9.17) is 9.73 Å². The highest BCUT2D eigenvalue weighted by Gasteiger charge is 2.36. The van der Waals surface area contributed by atoms with E-state index in [1.54, 1.807) is 0 Å². The van der Waals surface area contributed by atoms with Crippen LogP contribution in [0.15, 0.2) is 96.0 Å². The fourth-order valence-corrected chi connectivity index (χ4v) is 4.23. The van der Waals surface area contributed by atoms with Gasteiger partial charge >= 0.3 is 5.97 Å². The molecule has 0 saturated carbocycles. The number of nitrogens with zero attached hydrogens (tertiary/aromatic N) is 2. The zero-order chi connectivity index (χ0) is 21.5. The van der Waals surface area contributed by atoms with Crippen LogP contribution in [0.5, 0.6) is 0 Å². The van der Waals surface area contributed by atoms with Crippen molar-refractivity contribution in [2.45, 2.75) is 24.9 Å². The van der Waals surface area contributed by atoms with Crippen molar-refractivity contribution in [3.63, 3.8) is 0 Å². The number of carbonyl (C=O) groups is 1. The number of ether oxygens (including phenoxy) is 1. The minimum Gasteiger partial charge on any atom is -0.468 e. The highest BCUT2D eigenvalue weighted by Crippen LogP contribution is 2.29. The quantitative estimate of drug-likeness (QED) is 0.528. The van der Waals surface area contributed by atoms with E-state index in [9.17, 15) is 4.79 Å². The second-order valence-corrected chi connectivity index (χ2v) is 7.91. The predicted molar refractivity (Wildman–Crippen MR) is 124 cm³/mol. The Morgan fingerprint density at radius 2 is 1.48 bits per heavy atom. The third-order valence-corrected chi connectivity index (χ3v) is 5.88. The number of esters is 1. The van der Waals surface area contributed by atoms with Crippen LogP contribution in [0.2, 0.25) is 0 Å². The average molecular weight is 413 g/mol. The first-order valence-corrected chi connectivity index (χ1v) is 10.7. The van der Waals surface area contributed by atoms with E-state index in [1.165, 1.54) is 23.8 Å². The molecule has 3 aromatic rings. The lowest BCUT2D eigenvalue weighted by Crippen LogP contribution is -2.39. The highest BCUT2D eigenvalue weighted by molar-refractivity contribution is 5.94. The number of hydrogen-bond acceptors (Lipinski definition) is 4. The van der Waals surface area contributed by atoms with Gasteiger partial charge in [0.15, 0.2) is 0 Å². The summed E-state index contributed by atoms with van der Waals surface area (Å²) >= 11 is 0. The number of hydrogen-bond donors (Lipinski definition) is 0. The standard InChI is InChI=1S/C27H28N2O2/c1-31-27(30)26-17-24(28-18-21-11-5-2-6-12-21)19-29(26)20-25(22-13-7-3-8-14-22)23-15-9-4-10-16-23/h2-16,25-26H,17-20H2,1H3/t26-/m0/s1. The van der Waals surface area contributed by atoms with Gasteiger partial charge in [-0.15, -0.1) is 0 Å². The van der Waals surface area contributed by atoms with E-state index in [-0.39, 0.29) is 17.9 Å². The van der Waals surface area contributed by atoms with Gasteiger partial charge in [0.05, 0.1) is 13.7 Å². The molecule has 0 bridgehead atoms. The van der Waals surface area contributed by atoms with Gasteiger partial charge in [-0.1, -0.05) is 91.0 Å². The van der Waals surface area contributed by atoms with Crippen LogP contribution >= 0.6 is 0 Å². The summed E-state index contributed by atoms with van der Waals surface area (Å²) in [6.45, 7) is 2.06. The second kappa shape index (κ2) is 10.2. The molecule has 3 aromatic carbocycles. The Balaban J connectivity index is 1.58. The van der Waals surface area contributed by atoms with E-state index < -0.39 is 0 Å². The summed E-state index contributed by atoms with van der Waals surface area (Å²) in [6, 6.07) is 30.9. The first-order valence-electron chi connectivity index (χ1n) is 10.7. The molecule has 0 amide bonds. The maximum atomic E-state index is 12.6. The normalized spacial score (nSPS) is 17.9. The molecule has 0 spiro atoms. The molecule has 1 fully saturated rings. The summed E-state index contributed by atoms with van der Waals surface area (Å²) < 4.78 is 5.13. The van der Waals surface area contributed by atoms with Crippen molar-refractivity contribution in [3.05, 3.63) is 108 Å². The molecule has 31 heavy (non-hydrogen) atoms. The molecule has 4 heteroatoms. The van der Waals surface area contributed by atoms with Gasteiger partial charge in [-0.2, -0.15) is 0 Å². The van der Waals surface area contributed by atoms with Crippen LogP contribution in [0.1, 0.15) is 29.0 Å². The largest absolute Gasteiger partial charge is 0.468 e. The molecule has 158 valence electrons. The zero-order valence-electron chi connectivity index (χ0n) is 17.9. The van der Waals surface area contributed by atoms with Crippen molar-refractivity contribution >= 4 is 11.7 Å². The molecule has 1 atom stereocenters. The van der Waals surface area contributed by atoms with Crippen LogP contribution in [0.4, 0.5) is 0 Å². The van der Waals surface area contributed by atoms with E-state index in [0.717, 1.165) is 12.3 Å². The SMILES string of the molecule is COC(=O)[C@@H]1CC(=NCc2ccccc2)CN1CC(c1ccccc1)c1ccccc1. The van der Waals surface area contributed by atoms with Crippen LogP contribution in [0.3, 0.4) is 0 Å². The molecule has 0 N–H and O–H groups in total. The number of likely N-dealkylation sites (tertiary alicyclic amines) is 1. The second-order valence-electron chi connectivity index (χ2n) is 7.91. The zero-order valence-corrected chi connectivity index (χ0v) is 17.9. The Kier molecular flexibility index (Phi) is 6.90. The lowest BCUT2D eigenvalue weighted by atomic mass is 9.90. The fourth-order valence-electron chi connectivity index (χ4n) is 4.23. The van der Waals surface area contributed by atoms with Crippen LogP contribution in [0.25, 0.3) is 0 Å². The topological polar surface area (TPSA) is 41.9 Å². The number of aliphatic imine (C=N–C) groups is 1. The van der Waals surface area contributed by atoms with Crippen molar-refractivity contribution in [1.29, 1.82) is 0 Å². The molecule has 0 aliphatic carbocycles. The lowest BCUT2D eigenvalue weighted by molar-refractivity contribution is -0.145. The summed E-state index contributed by atoms with van der Waals surface area (Å²) in [4.78, 5) is 19.6. The third-order valence-electron chi connectivity index (χ3n) is 5.88. The van der Waals surface area contributed by atoms with E-state index >= 15 is 0 Å². The van der Waals surface area contributed by atoms with Gasteiger partial charge < -0.3 is 4.74 Å². The molecule has 1 heterocycles. The van der Waals surface area contributed by atoms with Crippen LogP contribution in [-0.4, -0.2) is 42.8 Å². The summed E-state index contributed by atoms with van der Waals surface area (Å²) in [5.74, 6) is -0.0205. The number of benzene rings is 3. The summed E-state index contributed by atoms with van der Waals surface area (Å²) in [5, 5.41) is 0. The average Bonchev–Trinajstić information content (AvgIpc) is 3.25. The lowest BCUT2D eigenvalue weighted by Gasteiger charge is -2.27. The Morgan fingerprint density at radius 1 is 0.935 bits per heavy atom. The molecule has 4 rings (SSSR count). The first kappa shape index (κ1) is 21.0. The smallest absolute Gasteiger partial charge is 0.323 e. The van der Waals surface area contributed by atoms with E-state index in [0.29, 0.717) is 19.5 Å². The van der Waals surface area contributed by atoms with Gasteiger partial charge in [-0.25, -0.2) is 0 Å². The van der Waals surface area contributed by atoms with Crippen LogP contribution in [-0.2, 0) is 16.1 Å². The molecule has 0 radical (unpaired) electrons. The van der Waals surface area contributed by atoms with Gasteiger partial charge in [-0.3, -0.25) is 14.7 Å². The Labute approximate surface area is 184 Å². The first-order chi connectivity index (χ1) is 15.2. The van der Waals surface area contributed by atoms with E-state index in [1.807, 2.05) is 30.3 Å². The summed E-state index contributed by atoms with van der Waals surface area (Å²) in [5.41, 5.74) is 4.72. The predicted octanol–water partition coefficient (Wildman–Crippen LogP) is 4.71. The van der Waals surface area contributed by atoms with Gasteiger partial charge in [0.25, 0.3) is 0 Å². The molecule has 4 nitrogen and oxygen atoms in total. The molecule has 1 saturated heterocycles. The fraction of sp³-hybridized carbons (Fsp3) is 0.259. The minimum atomic E-state index is -0.297. The Morgan fingerprint density at radius 3 is 2.03 bits per heavy atom. The maximum absolute atomic E-state index is 12.6. The molecule has 0 unspecified atom stereocenters. The number of carbonyl (C=O) groups excluding carboxylic acids is 1. The van der Waals surface area contributed by atoms with Crippen molar-refractivity contribution in [2.24, 2.45) is 4.99 Å². The minimum absolute atomic E-state index is 0.169. The van der Waals surface area contributed by atoms with Gasteiger partial charge in [0.1, 0.15) is 6.04 Å². The molecule has 0 aromatic heterocycles. The van der Waals surface area contributed by atoms with Crippen molar-refractivity contribution in [2.75, 3.05) is 20.2 Å². The van der Waals surface area contributed by atoms with Crippen molar-refractivity contribution in [3.8, 4) is 0 Å². The Hall–Kier alpha value is -3.24. The van der Waals surface area contributed by atoms with Crippen LogP contribution < -0.4 is 0 Å². The van der Waals surface area contributed by atoms with E-state index in [2.05, 4.69) is 65.6 Å². The number of rotatable bonds is 7. The third kappa shape index (κ3) is 5.28. The van der Waals surface area contributed by atoms with Gasteiger partial charge in [0.2, 0.25) is 0 Å². The molecular weight excluding hydrogens is 384 g/mol. The molecule has 1 aliphatic heterocycles. The summed E-state index contributed by atoms with van der Waals surface area (Å²) in [6.07, 6.45) is 0.621. The number of methoxy groups -OCH3 is 1. The highest BCUT2D eigenvalue weighted by atomic mass is 16.5. The monoisotopic (exact) mass is 412 g/mol. The summed E-state index contributed by atoms with van der Waals surface area (Å²) in [7, 11) is 1.46. The van der Waals surface area contributed by atoms with Gasteiger partial charge in [0, 0.05) is 31.1 Å². The Bertz CT molecular complexity index is 964. The van der Waals surface area contributed by atoms with Crippen molar-refractivity contribution < 1.29 is 9.53 Å². The molecular formula is C27H28N2O2. The van der Waals surface area contributed by atoms with Crippen LogP contribution in [0, 0.1) is 0 Å². The van der Waals surface area contributed by atoms with Crippen molar-refractivity contribution in [1.82, 2.24) is 4.90 Å². The van der Waals surface area contributed by atoms with Gasteiger partial charge in [-0.05, 0) is 16.7 Å². The maximum Gasteiger partial charge on any atom is 0.323 e.